The first-order valence-electron chi connectivity index (χ1n) is 7.67. The van der Waals surface area contributed by atoms with Gasteiger partial charge in [-0.3, -0.25) is 0 Å². The molecule has 4 nitrogen and oxygen atoms in total. The minimum atomic E-state index is 0.202. The molecule has 0 radical (unpaired) electrons. The molecule has 1 aromatic heterocycles. The Bertz CT molecular complexity index is 855. The zero-order valence-corrected chi connectivity index (χ0v) is 14.5. The van der Waals surface area contributed by atoms with Gasteiger partial charge in [-0.2, -0.15) is 0 Å². The van der Waals surface area contributed by atoms with Gasteiger partial charge in [-0.05, 0) is 36.8 Å². The molecule has 118 valence electrons. The second-order valence-electron chi connectivity index (χ2n) is 5.37. The van der Waals surface area contributed by atoms with E-state index >= 15 is 0 Å². The van der Waals surface area contributed by atoms with E-state index in [1.807, 2.05) is 24.3 Å². The van der Waals surface area contributed by atoms with E-state index in [9.17, 15) is 5.11 Å². The van der Waals surface area contributed by atoms with E-state index in [0.717, 1.165) is 34.9 Å². The van der Waals surface area contributed by atoms with Crippen LogP contribution in [0.15, 0.2) is 51.9 Å². The van der Waals surface area contributed by atoms with Crippen molar-refractivity contribution in [2.24, 2.45) is 4.99 Å². The monoisotopic (exact) mass is 371 g/mol. The van der Waals surface area contributed by atoms with Crippen molar-refractivity contribution in [2.45, 2.75) is 26.3 Å². The molecule has 0 saturated heterocycles. The van der Waals surface area contributed by atoms with Crippen molar-refractivity contribution in [3.8, 4) is 5.75 Å². The Labute approximate surface area is 143 Å². The fraction of sp³-hybridized carbons (Fsp3) is 0.222. The number of aromatic nitrogens is 2. The number of hydrogen-bond acceptors (Lipinski definition) is 3. The molecule has 3 rings (SSSR count). The van der Waals surface area contributed by atoms with Gasteiger partial charge >= 0.3 is 0 Å². The molecule has 2 aromatic carbocycles. The molecule has 0 aliphatic carbocycles. The summed E-state index contributed by atoms with van der Waals surface area (Å²) in [6.45, 7) is 3.05. The van der Waals surface area contributed by atoms with Crippen LogP contribution >= 0.6 is 15.9 Å². The first-order valence-corrected chi connectivity index (χ1v) is 8.46. The number of benzene rings is 2. The number of hydrogen-bond donors (Lipinski definition) is 1. The maximum Gasteiger partial charge on any atom is 0.230 e. The Morgan fingerprint density at radius 2 is 2.09 bits per heavy atom. The lowest BCUT2D eigenvalue weighted by atomic mass is 10.2. The van der Waals surface area contributed by atoms with Crippen molar-refractivity contribution in [3.05, 3.63) is 52.5 Å². The number of nitrogens with zero attached hydrogens (tertiary/aromatic N) is 3. The quantitative estimate of drug-likeness (QED) is 0.637. The molecule has 0 saturated carbocycles. The number of para-hydroxylation sites is 2. The van der Waals surface area contributed by atoms with Crippen LogP contribution in [0.4, 0.5) is 5.95 Å². The molecule has 0 spiro atoms. The minimum absolute atomic E-state index is 0.202. The summed E-state index contributed by atoms with van der Waals surface area (Å²) in [7, 11) is 0. The Hall–Kier alpha value is -2.14. The summed E-state index contributed by atoms with van der Waals surface area (Å²) in [5.74, 6) is 0.868. The van der Waals surface area contributed by atoms with Crippen molar-refractivity contribution in [3.63, 3.8) is 0 Å². The summed E-state index contributed by atoms with van der Waals surface area (Å²) in [4.78, 5) is 9.12. The molecule has 0 aliphatic heterocycles. The lowest BCUT2D eigenvalue weighted by molar-refractivity contribution is 0.474. The molecule has 1 N–H and O–H groups in total. The highest BCUT2D eigenvalue weighted by Gasteiger charge is 2.09. The molecular formula is C18H18BrN3O. The molecule has 0 fully saturated rings. The summed E-state index contributed by atoms with van der Waals surface area (Å²) in [6, 6.07) is 13.3. The highest BCUT2D eigenvalue weighted by Crippen LogP contribution is 2.24. The second kappa shape index (κ2) is 6.96. The van der Waals surface area contributed by atoms with E-state index < -0.39 is 0 Å². The fourth-order valence-corrected chi connectivity index (χ4v) is 2.83. The highest BCUT2D eigenvalue weighted by atomic mass is 79.9. The normalized spacial score (nSPS) is 11.6. The highest BCUT2D eigenvalue weighted by molar-refractivity contribution is 9.10. The van der Waals surface area contributed by atoms with Crippen LogP contribution in [0.3, 0.4) is 0 Å². The number of aromatic hydroxyl groups is 1. The molecule has 23 heavy (non-hydrogen) atoms. The van der Waals surface area contributed by atoms with Gasteiger partial charge in [0.25, 0.3) is 0 Å². The third-order valence-electron chi connectivity index (χ3n) is 3.68. The van der Waals surface area contributed by atoms with Gasteiger partial charge in [0, 0.05) is 22.8 Å². The number of halogens is 1. The van der Waals surface area contributed by atoms with Crippen LogP contribution in [0.25, 0.3) is 11.0 Å². The predicted molar refractivity (Wildman–Crippen MR) is 97.7 cm³/mol. The van der Waals surface area contributed by atoms with Crippen molar-refractivity contribution < 1.29 is 5.11 Å². The van der Waals surface area contributed by atoms with E-state index in [2.05, 4.69) is 43.5 Å². The summed E-state index contributed by atoms with van der Waals surface area (Å²) in [5, 5.41) is 9.92. The Morgan fingerprint density at radius 3 is 2.91 bits per heavy atom. The van der Waals surface area contributed by atoms with Crippen LogP contribution in [-0.2, 0) is 6.54 Å². The summed E-state index contributed by atoms with van der Waals surface area (Å²) >= 11 is 3.41. The van der Waals surface area contributed by atoms with E-state index in [4.69, 9.17) is 0 Å². The van der Waals surface area contributed by atoms with E-state index in [-0.39, 0.29) is 5.75 Å². The van der Waals surface area contributed by atoms with Crippen LogP contribution in [0.1, 0.15) is 25.3 Å². The molecule has 1 heterocycles. The number of fused-ring (bicyclic) bond motifs is 1. The summed E-state index contributed by atoms with van der Waals surface area (Å²) < 4.78 is 3.03. The van der Waals surface area contributed by atoms with Gasteiger partial charge in [-0.25, -0.2) is 9.98 Å². The Morgan fingerprint density at radius 1 is 1.26 bits per heavy atom. The molecule has 0 atom stereocenters. The van der Waals surface area contributed by atoms with Gasteiger partial charge in [0.2, 0.25) is 5.95 Å². The van der Waals surface area contributed by atoms with Crippen molar-refractivity contribution in [1.82, 2.24) is 9.55 Å². The molecule has 0 amide bonds. The predicted octanol–water partition coefficient (Wildman–Crippen LogP) is 5.06. The minimum Gasteiger partial charge on any atom is -0.507 e. The smallest absolute Gasteiger partial charge is 0.230 e. The zero-order valence-electron chi connectivity index (χ0n) is 12.9. The number of phenols is 1. The lowest BCUT2D eigenvalue weighted by Gasteiger charge is -2.05. The first kappa shape index (κ1) is 15.7. The van der Waals surface area contributed by atoms with Gasteiger partial charge in [0.15, 0.2) is 0 Å². The number of rotatable bonds is 5. The third-order valence-corrected chi connectivity index (χ3v) is 4.17. The zero-order chi connectivity index (χ0) is 16.2. The Balaban J connectivity index is 2.01. The number of imidazole rings is 1. The van der Waals surface area contributed by atoms with E-state index in [1.165, 1.54) is 0 Å². The fourth-order valence-electron chi connectivity index (χ4n) is 2.45. The van der Waals surface area contributed by atoms with Crippen LogP contribution in [0.2, 0.25) is 0 Å². The van der Waals surface area contributed by atoms with Gasteiger partial charge < -0.3 is 9.67 Å². The van der Waals surface area contributed by atoms with Crippen LogP contribution in [-0.4, -0.2) is 20.9 Å². The summed E-state index contributed by atoms with van der Waals surface area (Å²) in [5.41, 5.74) is 2.69. The van der Waals surface area contributed by atoms with E-state index in [0.29, 0.717) is 11.5 Å². The topological polar surface area (TPSA) is 50.4 Å². The Kier molecular flexibility index (Phi) is 4.76. The molecule has 5 heteroatoms. The standard InChI is InChI=1S/C18H18BrN3O/c1-2-3-10-22-16-7-5-4-6-15(16)21-18(22)20-12-13-11-14(19)8-9-17(13)23/h4-9,11-12,23H,2-3,10H2,1H3/b20-12+. The molecular weight excluding hydrogens is 354 g/mol. The maximum absolute atomic E-state index is 9.92. The molecule has 3 aromatic rings. The van der Waals surface area contributed by atoms with Gasteiger partial charge in [0.1, 0.15) is 5.75 Å². The lowest BCUT2D eigenvalue weighted by Crippen LogP contribution is -1.97. The SMILES string of the molecule is CCCCn1c(/N=C/c2cc(Br)ccc2O)nc2ccccc21. The number of aliphatic imine (C=N–C) groups is 1. The number of phenolic OH excluding ortho intramolecular Hbond substituents is 1. The average molecular weight is 372 g/mol. The number of unbranched alkanes of at least 4 members (excludes halogenated alkanes) is 1. The average Bonchev–Trinajstić information content (AvgIpc) is 2.91. The molecule has 0 bridgehead atoms. The van der Waals surface area contributed by atoms with Gasteiger partial charge in [0.05, 0.1) is 11.0 Å². The summed E-state index contributed by atoms with van der Waals surface area (Å²) in [6.07, 6.45) is 3.84. The molecule has 0 aliphatic rings. The van der Waals surface area contributed by atoms with Gasteiger partial charge in [-0.15, -0.1) is 0 Å². The van der Waals surface area contributed by atoms with Crippen molar-refractivity contribution in [1.29, 1.82) is 0 Å². The number of aryl methyl sites for hydroxylation is 1. The van der Waals surface area contributed by atoms with Crippen LogP contribution in [0, 0.1) is 0 Å². The first-order chi connectivity index (χ1) is 11.2. The molecule has 0 unspecified atom stereocenters. The van der Waals surface area contributed by atoms with E-state index in [1.54, 1.807) is 18.3 Å². The maximum atomic E-state index is 9.92. The third kappa shape index (κ3) is 3.45. The van der Waals surface area contributed by atoms with Crippen LogP contribution in [0.5, 0.6) is 5.75 Å². The van der Waals surface area contributed by atoms with Crippen LogP contribution < -0.4 is 0 Å². The second-order valence-corrected chi connectivity index (χ2v) is 6.28. The largest absolute Gasteiger partial charge is 0.507 e. The van der Waals surface area contributed by atoms with Gasteiger partial charge in [-0.1, -0.05) is 41.4 Å². The van der Waals surface area contributed by atoms with Crippen molar-refractivity contribution >= 4 is 39.1 Å². The van der Waals surface area contributed by atoms with Crippen molar-refractivity contribution in [2.75, 3.05) is 0 Å².